The van der Waals surface area contributed by atoms with Gasteiger partial charge in [0.25, 0.3) is 0 Å². The number of nitrogens with zero attached hydrogens (tertiary/aromatic N) is 1. The van der Waals surface area contributed by atoms with Crippen molar-refractivity contribution in [3.8, 4) is 0 Å². The van der Waals surface area contributed by atoms with Gasteiger partial charge in [0.1, 0.15) is 5.82 Å². The molecule has 0 bridgehead atoms. The third-order valence-corrected chi connectivity index (χ3v) is 5.09. The van der Waals surface area contributed by atoms with Crippen molar-refractivity contribution in [3.05, 3.63) is 71.0 Å². The summed E-state index contributed by atoms with van der Waals surface area (Å²) in [6.07, 6.45) is 3.37. The number of morpholine rings is 1. The maximum Gasteiger partial charge on any atom is 0.123 e. The van der Waals surface area contributed by atoms with Crippen molar-refractivity contribution in [2.24, 2.45) is 0 Å². The number of fused-ring (bicyclic) bond motifs is 1. The Hall–Kier alpha value is -1.71. The molecular formula is C20H22FNO. The van der Waals surface area contributed by atoms with Gasteiger partial charge in [-0.2, -0.15) is 0 Å². The Labute approximate surface area is 136 Å². The average Bonchev–Trinajstić information content (AvgIpc) is 3.01. The van der Waals surface area contributed by atoms with Gasteiger partial charge in [0.05, 0.1) is 12.7 Å². The molecule has 3 heteroatoms. The fraction of sp³-hybridized carbons (Fsp3) is 0.400. The Bertz CT molecular complexity index is 645. The van der Waals surface area contributed by atoms with Crippen LogP contribution in [-0.4, -0.2) is 36.7 Å². The van der Waals surface area contributed by atoms with Crippen molar-refractivity contribution in [2.75, 3.05) is 19.7 Å². The summed E-state index contributed by atoms with van der Waals surface area (Å²) in [5.41, 5.74) is 4.14. The monoisotopic (exact) mass is 311 g/mol. The molecule has 2 aromatic carbocycles. The van der Waals surface area contributed by atoms with E-state index in [-0.39, 0.29) is 11.9 Å². The van der Waals surface area contributed by atoms with Crippen molar-refractivity contribution in [1.29, 1.82) is 0 Å². The molecule has 2 aromatic rings. The van der Waals surface area contributed by atoms with Crippen molar-refractivity contribution in [3.63, 3.8) is 0 Å². The minimum atomic E-state index is -0.177. The van der Waals surface area contributed by atoms with E-state index in [1.165, 1.54) is 23.3 Å². The van der Waals surface area contributed by atoms with Gasteiger partial charge in [-0.05, 0) is 48.1 Å². The lowest BCUT2D eigenvalue weighted by Crippen LogP contribution is -2.48. The van der Waals surface area contributed by atoms with Crippen LogP contribution in [0, 0.1) is 5.82 Å². The van der Waals surface area contributed by atoms with E-state index < -0.39 is 0 Å². The highest BCUT2D eigenvalue weighted by molar-refractivity contribution is 5.33. The van der Waals surface area contributed by atoms with E-state index in [0.717, 1.165) is 44.5 Å². The van der Waals surface area contributed by atoms with Gasteiger partial charge in [-0.25, -0.2) is 4.39 Å². The van der Waals surface area contributed by atoms with Gasteiger partial charge in [0, 0.05) is 19.1 Å². The van der Waals surface area contributed by atoms with Crippen molar-refractivity contribution >= 4 is 0 Å². The normalized spacial score (nSPS) is 22.2. The summed E-state index contributed by atoms with van der Waals surface area (Å²) in [6.45, 7) is 2.77. The fourth-order valence-electron chi connectivity index (χ4n) is 3.87. The SMILES string of the molecule is Fc1ccc(CC2CN(C3Cc4ccccc4C3)CCO2)cc1. The Morgan fingerprint density at radius 1 is 1.00 bits per heavy atom. The van der Waals surface area contributed by atoms with Gasteiger partial charge in [0.15, 0.2) is 0 Å². The summed E-state index contributed by atoms with van der Waals surface area (Å²) in [6, 6.07) is 16.2. The maximum atomic E-state index is 13.0. The predicted molar refractivity (Wildman–Crippen MR) is 89.1 cm³/mol. The number of ether oxygens (including phenoxy) is 1. The van der Waals surface area contributed by atoms with Gasteiger partial charge in [0.2, 0.25) is 0 Å². The highest BCUT2D eigenvalue weighted by atomic mass is 19.1. The quantitative estimate of drug-likeness (QED) is 0.863. The molecule has 1 saturated heterocycles. The van der Waals surface area contributed by atoms with Gasteiger partial charge in [-0.1, -0.05) is 36.4 Å². The number of hydrogen-bond acceptors (Lipinski definition) is 2. The molecule has 1 aliphatic carbocycles. The van der Waals surface area contributed by atoms with E-state index in [9.17, 15) is 4.39 Å². The van der Waals surface area contributed by atoms with Crippen LogP contribution >= 0.6 is 0 Å². The minimum Gasteiger partial charge on any atom is -0.375 e. The van der Waals surface area contributed by atoms with Crippen LogP contribution in [0.15, 0.2) is 48.5 Å². The van der Waals surface area contributed by atoms with Crippen molar-refractivity contribution in [2.45, 2.75) is 31.4 Å². The molecular weight excluding hydrogens is 289 g/mol. The molecule has 0 spiro atoms. The maximum absolute atomic E-state index is 13.0. The highest BCUT2D eigenvalue weighted by Crippen LogP contribution is 2.27. The second-order valence-electron chi connectivity index (χ2n) is 6.65. The third kappa shape index (κ3) is 3.31. The Balaban J connectivity index is 1.39. The molecule has 0 amide bonds. The number of benzene rings is 2. The van der Waals surface area contributed by atoms with Gasteiger partial charge in [-0.15, -0.1) is 0 Å². The van der Waals surface area contributed by atoms with E-state index in [2.05, 4.69) is 29.2 Å². The standard InChI is InChI=1S/C20H22FNO/c21-18-7-5-15(6-8-18)11-20-14-22(9-10-23-20)19-12-16-3-1-2-4-17(16)13-19/h1-8,19-20H,9-14H2. The van der Waals surface area contributed by atoms with Crippen LogP contribution in [0.1, 0.15) is 16.7 Å². The molecule has 1 aliphatic heterocycles. The number of hydrogen-bond donors (Lipinski definition) is 0. The van der Waals surface area contributed by atoms with E-state index in [1.54, 1.807) is 0 Å². The molecule has 1 heterocycles. The summed E-state index contributed by atoms with van der Waals surface area (Å²) >= 11 is 0. The van der Waals surface area contributed by atoms with Gasteiger partial charge in [-0.3, -0.25) is 4.90 Å². The number of halogens is 1. The first-order valence-corrected chi connectivity index (χ1v) is 8.45. The predicted octanol–water partition coefficient (Wildman–Crippen LogP) is 3.24. The lowest BCUT2D eigenvalue weighted by atomic mass is 10.0. The largest absolute Gasteiger partial charge is 0.375 e. The average molecular weight is 311 g/mol. The molecule has 120 valence electrons. The Morgan fingerprint density at radius 2 is 1.70 bits per heavy atom. The zero-order valence-corrected chi connectivity index (χ0v) is 13.2. The van der Waals surface area contributed by atoms with Crippen LogP contribution in [0.5, 0.6) is 0 Å². The lowest BCUT2D eigenvalue weighted by molar-refractivity contribution is -0.0411. The molecule has 1 unspecified atom stereocenters. The van der Waals surface area contributed by atoms with Crippen molar-refractivity contribution in [1.82, 2.24) is 4.90 Å². The van der Waals surface area contributed by atoms with E-state index in [4.69, 9.17) is 4.74 Å². The first-order chi connectivity index (χ1) is 11.3. The summed E-state index contributed by atoms with van der Waals surface area (Å²) in [4.78, 5) is 2.58. The lowest BCUT2D eigenvalue weighted by Gasteiger charge is -2.37. The van der Waals surface area contributed by atoms with Crippen molar-refractivity contribution < 1.29 is 9.13 Å². The zero-order chi connectivity index (χ0) is 15.6. The summed E-state index contributed by atoms with van der Waals surface area (Å²) in [5.74, 6) is -0.177. The van der Waals surface area contributed by atoms with Crippen LogP contribution in [0.4, 0.5) is 4.39 Å². The Kier molecular flexibility index (Phi) is 4.15. The molecule has 0 radical (unpaired) electrons. The summed E-state index contributed by atoms with van der Waals surface area (Å²) in [5, 5.41) is 0. The van der Waals surface area contributed by atoms with E-state index in [0.29, 0.717) is 6.04 Å². The van der Waals surface area contributed by atoms with Crippen LogP contribution in [-0.2, 0) is 24.0 Å². The first kappa shape index (κ1) is 14.9. The first-order valence-electron chi connectivity index (χ1n) is 8.45. The molecule has 0 N–H and O–H groups in total. The molecule has 23 heavy (non-hydrogen) atoms. The van der Waals surface area contributed by atoms with Crippen LogP contribution in [0.3, 0.4) is 0 Å². The molecule has 2 aliphatic rings. The molecule has 1 atom stereocenters. The topological polar surface area (TPSA) is 12.5 Å². The molecule has 0 saturated carbocycles. The smallest absolute Gasteiger partial charge is 0.123 e. The van der Waals surface area contributed by atoms with E-state index >= 15 is 0 Å². The second-order valence-corrected chi connectivity index (χ2v) is 6.65. The highest BCUT2D eigenvalue weighted by Gasteiger charge is 2.30. The third-order valence-electron chi connectivity index (χ3n) is 5.09. The van der Waals surface area contributed by atoms with Crippen LogP contribution in [0.2, 0.25) is 0 Å². The zero-order valence-electron chi connectivity index (χ0n) is 13.2. The molecule has 4 rings (SSSR count). The van der Waals surface area contributed by atoms with E-state index in [1.807, 2.05) is 12.1 Å². The minimum absolute atomic E-state index is 0.177. The summed E-state index contributed by atoms with van der Waals surface area (Å²) in [7, 11) is 0. The molecule has 2 nitrogen and oxygen atoms in total. The number of rotatable bonds is 3. The molecule has 0 aromatic heterocycles. The fourth-order valence-corrected chi connectivity index (χ4v) is 3.87. The summed E-state index contributed by atoms with van der Waals surface area (Å²) < 4.78 is 19.0. The van der Waals surface area contributed by atoms with Crippen LogP contribution < -0.4 is 0 Å². The molecule has 1 fully saturated rings. The van der Waals surface area contributed by atoms with Crippen LogP contribution in [0.25, 0.3) is 0 Å². The van der Waals surface area contributed by atoms with Gasteiger partial charge >= 0.3 is 0 Å². The second kappa shape index (κ2) is 6.42. The van der Waals surface area contributed by atoms with Gasteiger partial charge < -0.3 is 4.74 Å². The Morgan fingerprint density at radius 3 is 2.39 bits per heavy atom.